The number of amides is 1. The molecule has 2 aromatic carbocycles. The van der Waals surface area contributed by atoms with Crippen molar-refractivity contribution in [3.8, 4) is 11.3 Å². The highest BCUT2D eigenvalue weighted by atomic mass is 32.2. The van der Waals surface area contributed by atoms with Gasteiger partial charge >= 0.3 is 5.97 Å². The van der Waals surface area contributed by atoms with Crippen LogP contribution in [0.2, 0.25) is 0 Å². The number of carbonyl (C=O) groups is 2. The molecule has 1 aliphatic rings. The number of rotatable bonds is 8. The van der Waals surface area contributed by atoms with Gasteiger partial charge in [0, 0.05) is 29.6 Å². The molecule has 0 aliphatic carbocycles. The van der Waals surface area contributed by atoms with Crippen LogP contribution in [0.4, 0.5) is 10.1 Å². The number of ether oxygens (including phenoxy) is 2. The summed E-state index contributed by atoms with van der Waals surface area (Å²) in [5, 5.41) is 3.04. The molecule has 12 heteroatoms. The minimum Gasteiger partial charge on any atom is -0.462 e. The van der Waals surface area contributed by atoms with Gasteiger partial charge in [0.2, 0.25) is 10.0 Å². The van der Waals surface area contributed by atoms with Crippen molar-refractivity contribution in [1.29, 1.82) is 0 Å². The Balaban J connectivity index is 1.76. The second-order valence-corrected chi connectivity index (χ2v) is 12.3. The molecular weight excluding hydrogens is 541 g/mol. The average Bonchev–Trinajstić information content (AvgIpc) is 3.19. The maximum Gasteiger partial charge on any atom is 0.323 e. The van der Waals surface area contributed by atoms with Crippen molar-refractivity contribution in [3.05, 3.63) is 53.3 Å². The minimum absolute atomic E-state index is 0.123. The summed E-state index contributed by atoms with van der Waals surface area (Å²) < 4.78 is 58.3. The van der Waals surface area contributed by atoms with E-state index in [4.69, 9.17) is 19.6 Å². The van der Waals surface area contributed by atoms with E-state index >= 15 is 0 Å². The fourth-order valence-electron chi connectivity index (χ4n) is 4.83. The standard InChI is InChI=1S/C28H34FN3O7S/c1-15(2)10-22(30)28(34)37-14-19-13-32(40(5,35)36)23-12-24-21(11-20(23)16(3)38-19)25(27(33)31-4)26(39-24)17-6-8-18(29)9-7-17/h6-9,11-12,15-16,19,22H,10,13-14,30H2,1-5H3,(H,31,33)/t16-,19-,22-/m0/s1. The molecule has 0 fully saturated rings. The smallest absolute Gasteiger partial charge is 0.323 e. The lowest BCUT2D eigenvalue weighted by molar-refractivity contribution is -0.150. The number of hydrogen-bond donors (Lipinski definition) is 2. The first kappa shape index (κ1) is 29.5. The van der Waals surface area contributed by atoms with Crippen molar-refractivity contribution in [3.63, 3.8) is 0 Å². The molecule has 3 aromatic rings. The maximum absolute atomic E-state index is 13.6. The summed E-state index contributed by atoms with van der Waals surface area (Å²) >= 11 is 0. The summed E-state index contributed by atoms with van der Waals surface area (Å²) in [4.78, 5) is 25.4. The number of furan rings is 1. The number of hydrogen-bond acceptors (Lipinski definition) is 8. The van der Waals surface area contributed by atoms with Crippen LogP contribution >= 0.6 is 0 Å². The van der Waals surface area contributed by atoms with Crippen LogP contribution < -0.4 is 15.4 Å². The number of sulfonamides is 1. The molecule has 10 nitrogen and oxygen atoms in total. The molecule has 40 heavy (non-hydrogen) atoms. The van der Waals surface area contributed by atoms with Gasteiger partial charge in [0.15, 0.2) is 0 Å². The highest BCUT2D eigenvalue weighted by Crippen LogP contribution is 2.42. The molecule has 0 saturated heterocycles. The Morgan fingerprint density at radius 1 is 1.23 bits per heavy atom. The first-order chi connectivity index (χ1) is 18.8. The van der Waals surface area contributed by atoms with Gasteiger partial charge in [0.1, 0.15) is 35.9 Å². The molecule has 0 bridgehead atoms. The van der Waals surface area contributed by atoms with Crippen LogP contribution in [0, 0.1) is 11.7 Å². The van der Waals surface area contributed by atoms with E-state index in [0.717, 1.165) is 6.26 Å². The zero-order valence-corrected chi connectivity index (χ0v) is 23.9. The number of nitrogens with one attached hydrogen (secondary N) is 1. The van der Waals surface area contributed by atoms with Crippen molar-refractivity contribution >= 4 is 38.6 Å². The second-order valence-electron chi connectivity index (χ2n) is 10.4. The van der Waals surface area contributed by atoms with Gasteiger partial charge in [0.05, 0.1) is 30.2 Å². The summed E-state index contributed by atoms with van der Waals surface area (Å²) in [7, 11) is -2.33. The van der Waals surface area contributed by atoms with Crippen LogP contribution in [-0.2, 0) is 24.3 Å². The highest BCUT2D eigenvalue weighted by molar-refractivity contribution is 7.92. The molecule has 216 valence electrons. The van der Waals surface area contributed by atoms with Crippen LogP contribution in [0.15, 0.2) is 40.8 Å². The number of esters is 1. The van der Waals surface area contributed by atoms with Crippen molar-refractivity contribution in [2.75, 3.05) is 30.8 Å². The van der Waals surface area contributed by atoms with Gasteiger partial charge in [-0.05, 0) is 49.6 Å². The maximum atomic E-state index is 13.6. The molecule has 0 radical (unpaired) electrons. The highest BCUT2D eigenvalue weighted by Gasteiger charge is 2.34. The third kappa shape index (κ3) is 6.13. The largest absolute Gasteiger partial charge is 0.462 e. The average molecular weight is 576 g/mol. The molecule has 1 amide bonds. The van der Waals surface area contributed by atoms with Gasteiger partial charge in [-0.2, -0.15) is 0 Å². The van der Waals surface area contributed by atoms with Crippen molar-refractivity contribution < 1.29 is 36.3 Å². The van der Waals surface area contributed by atoms with E-state index in [1.54, 1.807) is 19.1 Å². The fourth-order valence-corrected chi connectivity index (χ4v) is 5.78. The number of benzene rings is 2. The minimum atomic E-state index is -3.81. The van der Waals surface area contributed by atoms with Gasteiger partial charge < -0.3 is 24.9 Å². The predicted octanol–water partition coefficient (Wildman–Crippen LogP) is 3.74. The normalized spacial score (nSPS) is 18.4. The molecular formula is C28H34FN3O7S. The summed E-state index contributed by atoms with van der Waals surface area (Å²) in [6, 6.07) is 7.94. The molecule has 4 rings (SSSR count). The molecule has 0 spiro atoms. The summed E-state index contributed by atoms with van der Waals surface area (Å²) in [6.07, 6.45) is 0.0993. The quantitative estimate of drug-likeness (QED) is 0.387. The lowest BCUT2D eigenvalue weighted by Gasteiger charge is -2.25. The Labute approximate surface area is 232 Å². The van der Waals surface area contributed by atoms with E-state index in [2.05, 4.69) is 5.32 Å². The number of halogens is 1. The Morgan fingerprint density at radius 3 is 2.50 bits per heavy atom. The fraction of sp³-hybridized carbons (Fsp3) is 0.429. The van der Waals surface area contributed by atoms with Crippen LogP contribution in [0.25, 0.3) is 22.3 Å². The first-order valence-corrected chi connectivity index (χ1v) is 14.8. The number of nitrogens with zero attached hydrogens (tertiary/aromatic N) is 1. The van der Waals surface area contributed by atoms with Crippen LogP contribution in [-0.4, -0.2) is 58.9 Å². The Bertz CT molecular complexity index is 1520. The Hall–Kier alpha value is -3.48. The van der Waals surface area contributed by atoms with E-state index in [0.29, 0.717) is 28.6 Å². The number of fused-ring (bicyclic) bond motifs is 2. The van der Waals surface area contributed by atoms with Crippen LogP contribution in [0.5, 0.6) is 0 Å². The summed E-state index contributed by atoms with van der Waals surface area (Å²) in [6.45, 7) is 5.32. The Kier molecular flexibility index (Phi) is 8.52. The monoisotopic (exact) mass is 575 g/mol. The van der Waals surface area contributed by atoms with E-state index in [-0.39, 0.29) is 36.0 Å². The zero-order valence-electron chi connectivity index (χ0n) is 23.1. The van der Waals surface area contributed by atoms with Crippen molar-refractivity contribution in [2.24, 2.45) is 11.7 Å². The molecule has 1 aromatic heterocycles. The van der Waals surface area contributed by atoms with E-state index in [1.165, 1.54) is 35.6 Å². The Morgan fingerprint density at radius 2 is 1.90 bits per heavy atom. The van der Waals surface area contributed by atoms with Crippen molar-refractivity contribution in [1.82, 2.24) is 5.32 Å². The van der Waals surface area contributed by atoms with E-state index in [9.17, 15) is 22.4 Å². The van der Waals surface area contributed by atoms with Gasteiger partial charge in [-0.3, -0.25) is 13.9 Å². The van der Waals surface area contributed by atoms with Gasteiger partial charge in [-0.1, -0.05) is 13.8 Å². The number of anilines is 1. The molecule has 1 aliphatic heterocycles. The lowest BCUT2D eigenvalue weighted by Crippen LogP contribution is -2.41. The molecule has 0 unspecified atom stereocenters. The molecule has 3 atom stereocenters. The number of carbonyl (C=O) groups excluding carboxylic acids is 2. The predicted molar refractivity (Wildman–Crippen MR) is 149 cm³/mol. The van der Waals surface area contributed by atoms with Crippen LogP contribution in [0.1, 0.15) is 49.2 Å². The van der Waals surface area contributed by atoms with Gasteiger partial charge in [0.25, 0.3) is 5.91 Å². The topological polar surface area (TPSA) is 141 Å². The zero-order chi connectivity index (χ0) is 29.4. The van der Waals surface area contributed by atoms with Crippen molar-refractivity contribution in [2.45, 2.75) is 45.4 Å². The molecule has 3 N–H and O–H groups in total. The first-order valence-electron chi connectivity index (χ1n) is 12.9. The molecule has 0 saturated carbocycles. The van der Waals surface area contributed by atoms with E-state index < -0.39 is 46.0 Å². The summed E-state index contributed by atoms with van der Waals surface area (Å²) in [5.41, 5.74) is 7.71. The van der Waals surface area contributed by atoms with Crippen LogP contribution in [0.3, 0.4) is 0 Å². The molecule has 2 heterocycles. The van der Waals surface area contributed by atoms with Gasteiger partial charge in [-0.25, -0.2) is 12.8 Å². The lowest BCUT2D eigenvalue weighted by atomic mass is 10.0. The third-order valence-corrected chi connectivity index (χ3v) is 7.86. The summed E-state index contributed by atoms with van der Waals surface area (Å²) in [5.74, 6) is -1.03. The third-order valence-electron chi connectivity index (χ3n) is 6.71. The second kappa shape index (κ2) is 11.6. The van der Waals surface area contributed by atoms with E-state index in [1.807, 2.05) is 13.8 Å². The SMILES string of the molecule is CNC(=O)c1c(-c2ccc(F)cc2)oc2cc3c(cc12)[C@H](C)O[C@H](COC(=O)[C@@H](N)CC(C)C)CN3S(C)(=O)=O. The van der Waals surface area contributed by atoms with Gasteiger partial charge in [-0.15, -0.1) is 0 Å². The number of nitrogens with two attached hydrogens (primary N) is 1.